The van der Waals surface area contributed by atoms with Crippen LogP contribution in [0.1, 0.15) is 49.7 Å². The summed E-state index contributed by atoms with van der Waals surface area (Å²) in [4.78, 5) is 6.91. The van der Waals surface area contributed by atoms with E-state index in [0.717, 1.165) is 64.9 Å². The molecule has 0 bridgehead atoms. The molecule has 1 aromatic rings. The standard InChI is InChI=1S/C24H40N4O2/c1-25-24(26-12-6-15-29-19-23-11-16-30-20-23)27-17-21-7-9-22(10-8-21)18-28-13-4-2-3-5-14-28/h7-10,23H,2-6,11-20H2,1H3,(H2,25,26,27). The lowest BCUT2D eigenvalue weighted by atomic mass is 10.1. The molecule has 0 spiro atoms. The average molecular weight is 417 g/mol. The Balaban J connectivity index is 1.28. The number of benzene rings is 1. The third-order valence-electron chi connectivity index (χ3n) is 5.95. The predicted molar refractivity (Wildman–Crippen MR) is 123 cm³/mol. The second-order valence-electron chi connectivity index (χ2n) is 8.52. The van der Waals surface area contributed by atoms with Crippen LogP contribution in [0.2, 0.25) is 0 Å². The lowest BCUT2D eigenvalue weighted by molar-refractivity contribution is 0.0888. The van der Waals surface area contributed by atoms with Crippen molar-refractivity contribution in [2.45, 2.75) is 51.6 Å². The summed E-state index contributed by atoms with van der Waals surface area (Å²) in [5.41, 5.74) is 2.69. The predicted octanol–water partition coefficient (Wildman–Crippen LogP) is 3.17. The molecule has 6 nitrogen and oxygen atoms in total. The number of aliphatic imine (C=N–C) groups is 1. The van der Waals surface area contributed by atoms with Crippen molar-refractivity contribution in [3.63, 3.8) is 0 Å². The summed E-state index contributed by atoms with van der Waals surface area (Å²) in [5, 5.41) is 6.77. The maximum atomic E-state index is 5.75. The molecule has 2 aliphatic rings. The first-order valence-electron chi connectivity index (χ1n) is 11.7. The van der Waals surface area contributed by atoms with E-state index in [1.807, 2.05) is 7.05 Å². The van der Waals surface area contributed by atoms with Crippen LogP contribution in [0.25, 0.3) is 0 Å². The molecule has 168 valence electrons. The zero-order chi connectivity index (χ0) is 20.9. The maximum absolute atomic E-state index is 5.75. The van der Waals surface area contributed by atoms with E-state index in [1.165, 1.54) is 49.9 Å². The van der Waals surface area contributed by atoms with Crippen molar-refractivity contribution in [2.75, 3.05) is 53.1 Å². The van der Waals surface area contributed by atoms with E-state index in [1.54, 1.807) is 0 Å². The molecule has 2 aliphatic heterocycles. The lowest BCUT2D eigenvalue weighted by Crippen LogP contribution is -2.37. The van der Waals surface area contributed by atoms with E-state index in [4.69, 9.17) is 9.47 Å². The molecule has 2 fully saturated rings. The fourth-order valence-corrected chi connectivity index (χ4v) is 4.07. The number of guanidine groups is 1. The van der Waals surface area contributed by atoms with Gasteiger partial charge in [0.05, 0.1) is 13.2 Å². The molecule has 1 atom stereocenters. The molecule has 3 rings (SSSR count). The minimum atomic E-state index is 0.586. The van der Waals surface area contributed by atoms with Gasteiger partial charge < -0.3 is 20.1 Å². The second kappa shape index (κ2) is 13.6. The minimum absolute atomic E-state index is 0.586. The molecule has 1 aromatic carbocycles. The van der Waals surface area contributed by atoms with E-state index in [2.05, 4.69) is 44.8 Å². The van der Waals surface area contributed by atoms with Crippen LogP contribution in [0.4, 0.5) is 0 Å². The summed E-state index contributed by atoms with van der Waals surface area (Å²) in [6.45, 7) is 8.54. The summed E-state index contributed by atoms with van der Waals surface area (Å²) in [6.07, 6.45) is 7.57. The van der Waals surface area contributed by atoms with Crippen LogP contribution < -0.4 is 10.6 Å². The fraction of sp³-hybridized carbons (Fsp3) is 0.708. The molecular weight excluding hydrogens is 376 g/mol. The van der Waals surface area contributed by atoms with Gasteiger partial charge in [-0.2, -0.15) is 0 Å². The highest BCUT2D eigenvalue weighted by Gasteiger charge is 2.15. The summed E-state index contributed by atoms with van der Waals surface area (Å²) >= 11 is 0. The monoisotopic (exact) mass is 416 g/mol. The van der Waals surface area contributed by atoms with Crippen LogP contribution in [0.5, 0.6) is 0 Å². The van der Waals surface area contributed by atoms with Gasteiger partial charge in [-0.3, -0.25) is 9.89 Å². The SMILES string of the molecule is CN=C(NCCCOCC1CCOC1)NCc1ccc(CN2CCCCCC2)cc1. The summed E-state index contributed by atoms with van der Waals surface area (Å²) < 4.78 is 11.1. The van der Waals surface area contributed by atoms with Crippen molar-refractivity contribution < 1.29 is 9.47 Å². The van der Waals surface area contributed by atoms with Gasteiger partial charge in [0, 0.05) is 45.8 Å². The van der Waals surface area contributed by atoms with Gasteiger partial charge in [-0.25, -0.2) is 0 Å². The van der Waals surface area contributed by atoms with Crippen LogP contribution in [0, 0.1) is 5.92 Å². The van der Waals surface area contributed by atoms with Crippen LogP contribution in [-0.4, -0.2) is 64.0 Å². The molecule has 0 aromatic heterocycles. The van der Waals surface area contributed by atoms with Crippen molar-refractivity contribution in [2.24, 2.45) is 10.9 Å². The van der Waals surface area contributed by atoms with Crippen molar-refractivity contribution in [3.05, 3.63) is 35.4 Å². The van der Waals surface area contributed by atoms with Gasteiger partial charge >= 0.3 is 0 Å². The average Bonchev–Trinajstić information content (AvgIpc) is 3.16. The highest BCUT2D eigenvalue weighted by molar-refractivity contribution is 5.79. The first kappa shape index (κ1) is 23.0. The quantitative estimate of drug-likeness (QED) is 0.349. The largest absolute Gasteiger partial charge is 0.381 e. The maximum Gasteiger partial charge on any atom is 0.191 e. The second-order valence-corrected chi connectivity index (χ2v) is 8.52. The van der Waals surface area contributed by atoms with Gasteiger partial charge in [-0.15, -0.1) is 0 Å². The molecule has 2 saturated heterocycles. The Morgan fingerprint density at radius 1 is 1.10 bits per heavy atom. The number of likely N-dealkylation sites (tertiary alicyclic amines) is 1. The van der Waals surface area contributed by atoms with Gasteiger partial charge in [0.2, 0.25) is 0 Å². The molecule has 30 heavy (non-hydrogen) atoms. The molecule has 0 aliphatic carbocycles. The molecule has 2 heterocycles. The molecule has 2 N–H and O–H groups in total. The number of hydrogen-bond acceptors (Lipinski definition) is 4. The van der Waals surface area contributed by atoms with Gasteiger partial charge in [-0.05, 0) is 49.9 Å². The Labute approximate surface area is 182 Å². The normalized spacial score (nSPS) is 20.8. The van der Waals surface area contributed by atoms with E-state index >= 15 is 0 Å². The molecule has 0 amide bonds. The lowest BCUT2D eigenvalue weighted by Gasteiger charge is -2.20. The fourth-order valence-electron chi connectivity index (χ4n) is 4.07. The summed E-state index contributed by atoms with van der Waals surface area (Å²) in [7, 11) is 1.82. The molecule has 6 heteroatoms. The van der Waals surface area contributed by atoms with Gasteiger partial charge in [-0.1, -0.05) is 37.1 Å². The zero-order valence-electron chi connectivity index (χ0n) is 18.7. The highest BCUT2D eigenvalue weighted by atomic mass is 16.5. The molecule has 0 saturated carbocycles. The van der Waals surface area contributed by atoms with E-state index in [0.29, 0.717) is 5.92 Å². The summed E-state index contributed by atoms with van der Waals surface area (Å²) in [5.74, 6) is 1.43. The highest BCUT2D eigenvalue weighted by Crippen LogP contribution is 2.14. The van der Waals surface area contributed by atoms with E-state index in [9.17, 15) is 0 Å². The van der Waals surface area contributed by atoms with Crippen molar-refractivity contribution in [1.29, 1.82) is 0 Å². The Morgan fingerprint density at radius 2 is 1.87 bits per heavy atom. The molecule has 1 unspecified atom stereocenters. The molecule has 0 radical (unpaired) electrons. The number of nitrogens with zero attached hydrogens (tertiary/aromatic N) is 2. The number of nitrogens with one attached hydrogen (secondary N) is 2. The van der Waals surface area contributed by atoms with Gasteiger partial charge in [0.15, 0.2) is 5.96 Å². The number of ether oxygens (including phenoxy) is 2. The van der Waals surface area contributed by atoms with E-state index < -0.39 is 0 Å². The van der Waals surface area contributed by atoms with Crippen molar-refractivity contribution in [3.8, 4) is 0 Å². The van der Waals surface area contributed by atoms with Gasteiger partial charge in [0.1, 0.15) is 0 Å². The minimum Gasteiger partial charge on any atom is -0.381 e. The smallest absolute Gasteiger partial charge is 0.191 e. The Bertz CT molecular complexity index is 606. The zero-order valence-corrected chi connectivity index (χ0v) is 18.7. The third-order valence-corrected chi connectivity index (χ3v) is 5.95. The third kappa shape index (κ3) is 8.62. The first-order chi connectivity index (χ1) is 14.8. The Hall–Kier alpha value is -1.63. The Morgan fingerprint density at radius 3 is 2.57 bits per heavy atom. The topological polar surface area (TPSA) is 58.1 Å². The van der Waals surface area contributed by atoms with E-state index in [-0.39, 0.29) is 0 Å². The van der Waals surface area contributed by atoms with Crippen molar-refractivity contribution >= 4 is 5.96 Å². The number of rotatable bonds is 10. The van der Waals surface area contributed by atoms with Crippen LogP contribution in [0.15, 0.2) is 29.3 Å². The van der Waals surface area contributed by atoms with Gasteiger partial charge in [0.25, 0.3) is 0 Å². The summed E-state index contributed by atoms with van der Waals surface area (Å²) in [6, 6.07) is 9.00. The van der Waals surface area contributed by atoms with Crippen LogP contribution >= 0.6 is 0 Å². The van der Waals surface area contributed by atoms with Crippen LogP contribution in [0.3, 0.4) is 0 Å². The Kier molecular flexibility index (Phi) is 10.5. The first-order valence-corrected chi connectivity index (χ1v) is 11.7. The molecular formula is C24H40N4O2. The number of hydrogen-bond donors (Lipinski definition) is 2. The van der Waals surface area contributed by atoms with Crippen molar-refractivity contribution in [1.82, 2.24) is 15.5 Å². The van der Waals surface area contributed by atoms with Crippen LogP contribution in [-0.2, 0) is 22.6 Å².